The first kappa shape index (κ1) is 67.1. The molecule has 1 aliphatic heterocycles. The monoisotopic (exact) mass is 1040 g/mol. The van der Waals surface area contributed by atoms with E-state index < -0.39 is 66.0 Å². The molecule has 16 nitrogen and oxygen atoms in total. The van der Waals surface area contributed by atoms with Crippen LogP contribution in [-0.2, 0) is 61.9 Å². The highest BCUT2D eigenvalue weighted by atomic mass is 16.6. The van der Waals surface area contributed by atoms with E-state index in [2.05, 4.69) is 32.6 Å². The SMILES string of the molecule is CCCCCCCCC(=O)OCC(COC(=O)CCCCCCCC)CC(=O)O[C@H]1CN(C(=O)OCCN(CC)CC)C[C@H]1OC(=O)CC(COC(=O)CCCCCCCC)COC(=O)CCCCCCCC. The number of esters is 6. The fraction of sp³-hybridized carbons (Fsp3) is 0.877. The van der Waals surface area contributed by atoms with Crippen molar-refractivity contribution in [3.8, 4) is 0 Å². The second-order valence-electron chi connectivity index (χ2n) is 20.0. The van der Waals surface area contributed by atoms with Crippen LogP contribution in [0.15, 0.2) is 0 Å². The molecule has 1 rings (SSSR count). The van der Waals surface area contributed by atoms with E-state index in [1.54, 1.807) is 0 Å². The van der Waals surface area contributed by atoms with Crippen molar-refractivity contribution < 1.29 is 66.7 Å². The minimum atomic E-state index is -1.10. The van der Waals surface area contributed by atoms with Crippen molar-refractivity contribution in [2.24, 2.45) is 11.8 Å². The largest absolute Gasteiger partial charge is 0.465 e. The summed E-state index contributed by atoms with van der Waals surface area (Å²) in [4.78, 5) is 95.5. The summed E-state index contributed by atoms with van der Waals surface area (Å²) in [6, 6.07) is 0. The van der Waals surface area contributed by atoms with E-state index in [0.29, 0.717) is 32.2 Å². The van der Waals surface area contributed by atoms with Gasteiger partial charge < -0.3 is 43.0 Å². The molecule has 1 fully saturated rings. The van der Waals surface area contributed by atoms with Crippen molar-refractivity contribution in [2.75, 3.05) is 65.8 Å². The lowest BCUT2D eigenvalue weighted by Crippen LogP contribution is -2.36. The van der Waals surface area contributed by atoms with E-state index in [1.807, 2.05) is 13.8 Å². The number of hydrogen-bond donors (Lipinski definition) is 0. The Morgan fingerprint density at radius 3 is 0.973 bits per heavy atom. The van der Waals surface area contributed by atoms with Gasteiger partial charge in [-0.15, -0.1) is 0 Å². The van der Waals surface area contributed by atoms with E-state index in [-0.39, 0.29) is 84.6 Å². The van der Waals surface area contributed by atoms with E-state index in [0.717, 1.165) is 142 Å². The van der Waals surface area contributed by atoms with Gasteiger partial charge in [-0.25, -0.2) is 4.79 Å². The highest BCUT2D eigenvalue weighted by molar-refractivity contribution is 5.74. The van der Waals surface area contributed by atoms with Crippen LogP contribution in [0.2, 0.25) is 0 Å². The molecule has 0 unspecified atom stereocenters. The van der Waals surface area contributed by atoms with Crippen molar-refractivity contribution >= 4 is 41.9 Å². The Balaban J connectivity index is 3.18. The number of likely N-dealkylation sites (N-methyl/N-ethyl adjacent to an activating group) is 1. The molecule has 1 saturated heterocycles. The number of hydrogen-bond acceptors (Lipinski definition) is 15. The number of carbonyl (C=O) groups is 7. The first-order valence-corrected chi connectivity index (χ1v) is 29.0. The molecular formula is C57H102N2O14. The van der Waals surface area contributed by atoms with E-state index in [1.165, 1.54) is 4.90 Å². The Morgan fingerprint density at radius 1 is 0.397 bits per heavy atom. The van der Waals surface area contributed by atoms with Crippen molar-refractivity contribution in [1.82, 2.24) is 9.80 Å². The summed E-state index contributed by atoms with van der Waals surface area (Å²) in [5.74, 6) is -4.48. The topological polar surface area (TPSA) is 191 Å². The van der Waals surface area contributed by atoms with Crippen molar-refractivity contribution in [1.29, 1.82) is 0 Å². The minimum absolute atomic E-state index is 0.125. The third-order valence-corrected chi connectivity index (χ3v) is 13.3. The van der Waals surface area contributed by atoms with Gasteiger partial charge in [0.2, 0.25) is 0 Å². The fourth-order valence-corrected chi connectivity index (χ4v) is 8.58. The summed E-state index contributed by atoms with van der Waals surface area (Å²) < 4.78 is 39.9. The van der Waals surface area contributed by atoms with Gasteiger partial charge in [-0.3, -0.25) is 28.8 Å². The maximum atomic E-state index is 13.8. The van der Waals surface area contributed by atoms with E-state index in [9.17, 15) is 33.6 Å². The van der Waals surface area contributed by atoms with Crippen LogP contribution in [0, 0.1) is 11.8 Å². The predicted octanol–water partition coefficient (Wildman–Crippen LogP) is 11.8. The molecule has 1 aliphatic rings. The molecule has 73 heavy (non-hydrogen) atoms. The third kappa shape index (κ3) is 36.6. The second kappa shape index (κ2) is 45.4. The Morgan fingerprint density at radius 2 is 0.685 bits per heavy atom. The van der Waals surface area contributed by atoms with Crippen LogP contribution in [0.1, 0.15) is 234 Å². The average Bonchev–Trinajstić information content (AvgIpc) is 3.77. The summed E-state index contributed by atoms with van der Waals surface area (Å²) in [5, 5.41) is 0. The Labute approximate surface area is 441 Å². The number of amides is 1. The van der Waals surface area contributed by atoms with Crippen LogP contribution in [0.3, 0.4) is 0 Å². The molecule has 2 atom stereocenters. The lowest BCUT2D eigenvalue weighted by Gasteiger charge is -2.22. The number of carbonyl (C=O) groups excluding carboxylic acids is 7. The number of ether oxygens (including phenoxy) is 7. The first-order valence-electron chi connectivity index (χ1n) is 29.0. The highest BCUT2D eigenvalue weighted by Crippen LogP contribution is 2.23. The lowest BCUT2D eigenvalue weighted by molar-refractivity contribution is -0.167. The number of likely N-dealkylation sites (tertiary alicyclic amines) is 1. The van der Waals surface area contributed by atoms with Crippen LogP contribution in [-0.4, -0.2) is 130 Å². The minimum Gasteiger partial charge on any atom is -0.465 e. The zero-order valence-corrected chi connectivity index (χ0v) is 46.7. The first-order chi connectivity index (χ1) is 35.4. The van der Waals surface area contributed by atoms with Gasteiger partial charge in [-0.1, -0.05) is 170 Å². The van der Waals surface area contributed by atoms with E-state index >= 15 is 0 Å². The molecule has 0 saturated carbocycles. The molecule has 424 valence electrons. The molecule has 0 radical (unpaired) electrons. The standard InChI is InChI=1S/C57H102N2O14/c1-7-13-17-21-25-29-33-51(60)68-43-47(44-69-52(61)34-30-26-22-18-14-8-2)39-55(64)72-49-41-59(57(66)67-38-37-58(11-5)12-6)42-50(49)73-56(65)40-48(45-70-53(62)35-31-27-23-19-15-9-3)46-71-54(63)36-32-28-24-20-16-10-4/h47-50H,7-46H2,1-6H3/t49-,50+. The third-order valence-electron chi connectivity index (χ3n) is 13.3. The number of unbranched alkanes of at least 4 members (excludes halogenated alkanes) is 20. The highest BCUT2D eigenvalue weighted by Gasteiger charge is 2.42. The molecule has 16 heteroatoms. The summed E-state index contributed by atoms with van der Waals surface area (Å²) >= 11 is 0. The zero-order chi connectivity index (χ0) is 53.7. The van der Waals surface area contributed by atoms with Gasteiger partial charge in [0.25, 0.3) is 0 Å². The maximum Gasteiger partial charge on any atom is 0.410 e. The van der Waals surface area contributed by atoms with Gasteiger partial charge >= 0.3 is 41.9 Å². The van der Waals surface area contributed by atoms with Gasteiger partial charge in [0.15, 0.2) is 12.2 Å². The van der Waals surface area contributed by atoms with Crippen molar-refractivity contribution in [3.05, 3.63) is 0 Å². The lowest BCUT2D eigenvalue weighted by atomic mass is 10.1. The molecular weight excluding hydrogens is 937 g/mol. The zero-order valence-electron chi connectivity index (χ0n) is 46.7. The van der Waals surface area contributed by atoms with Crippen LogP contribution in [0.25, 0.3) is 0 Å². The van der Waals surface area contributed by atoms with Crippen LogP contribution in [0.4, 0.5) is 4.79 Å². The van der Waals surface area contributed by atoms with E-state index in [4.69, 9.17) is 33.2 Å². The van der Waals surface area contributed by atoms with Crippen molar-refractivity contribution in [3.63, 3.8) is 0 Å². The normalized spacial score (nSPS) is 14.4. The Hall–Kier alpha value is -3.95. The number of nitrogens with zero attached hydrogens (tertiary/aromatic N) is 2. The number of rotatable bonds is 47. The Bertz CT molecular complexity index is 1320. The van der Waals surface area contributed by atoms with Crippen molar-refractivity contribution in [2.45, 2.75) is 246 Å². The van der Waals surface area contributed by atoms with Crippen LogP contribution < -0.4 is 0 Å². The summed E-state index contributed by atoms with van der Waals surface area (Å²) in [5.41, 5.74) is 0. The molecule has 0 aromatic rings. The van der Waals surface area contributed by atoms with Crippen LogP contribution in [0.5, 0.6) is 0 Å². The molecule has 1 amide bonds. The molecule has 0 spiro atoms. The average molecular weight is 1040 g/mol. The van der Waals surface area contributed by atoms with Gasteiger partial charge in [0.05, 0.1) is 52.4 Å². The Kier molecular flexibility index (Phi) is 41.7. The summed E-state index contributed by atoms with van der Waals surface area (Å²) in [7, 11) is 0. The van der Waals surface area contributed by atoms with Crippen LogP contribution >= 0.6 is 0 Å². The van der Waals surface area contributed by atoms with Gasteiger partial charge in [0, 0.05) is 44.1 Å². The molecule has 0 N–H and O–H groups in total. The molecule has 0 aromatic heterocycles. The summed E-state index contributed by atoms with van der Waals surface area (Å²) in [6.45, 7) is 13.9. The smallest absolute Gasteiger partial charge is 0.410 e. The summed E-state index contributed by atoms with van der Waals surface area (Å²) in [6.07, 6.45) is 21.7. The maximum absolute atomic E-state index is 13.8. The molecule has 1 heterocycles. The van der Waals surface area contributed by atoms with Gasteiger partial charge in [-0.2, -0.15) is 0 Å². The predicted molar refractivity (Wildman–Crippen MR) is 282 cm³/mol. The fourth-order valence-electron chi connectivity index (χ4n) is 8.58. The van der Waals surface area contributed by atoms with Gasteiger partial charge in [-0.05, 0) is 38.8 Å². The molecule has 0 aliphatic carbocycles. The van der Waals surface area contributed by atoms with Gasteiger partial charge in [0.1, 0.15) is 6.61 Å². The molecule has 0 bridgehead atoms. The molecule has 0 aromatic carbocycles. The quantitative estimate of drug-likeness (QED) is 0.0317. The second-order valence-corrected chi connectivity index (χ2v) is 20.0.